The zero-order valence-electron chi connectivity index (χ0n) is 8.24. The molecule has 1 aromatic rings. The molecular formula is C11H12O3. The summed E-state index contributed by atoms with van der Waals surface area (Å²) in [5.74, 6) is 1.43. The van der Waals surface area contributed by atoms with Gasteiger partial charge in [0.1, 0.15) is 11.5 Å². The van der Waals surface area contributed by atoms with E-state index < -0.39 is 0 Å². The van der Waals surface area contributed by atoms with Gasteiger partial charge in [-0.15, -0.1) is 0 Å². The molecule has 0 N–H and O–H groups in total. The van der Waals surface area contributed by atoms with Gasteiger partial charge in [0, 0.05) is 6.07 Å². The van der Waals surface area contributed by atoms with E-state index in [0.29, 0.717) is 23.5 Å². The van der Waals surface area contributed by atoms with E-state index >= 15 is 0 Å². The second-order valence-corrected chi connectivity index (χ2v) is 3.24. The number of carbonyl (C=O) groups is 1. The number of hydrogen-bond acceptors (Lipinski definition) is 3. The summed E-state index contributed by atoms with van der Waals surface area (Å²) >= 11 is 0. The lowest BCUT2D eigenvalue weighted by Gasteiger charge is -2.05. The predicted octanol–water partition coefficient (Wildman–Crippen LogP) is 2.05. The molecule has 0 saturated heterocycles. The van der Waals surface area contributed by atoms with Gasteiger partial charge in [0.2, 0.25) is 5.78 Å². The molecule has 14 heavy (non-hydrogen) atoms. The Labute approximate surface area is 82.6 Å². The van der Waals surface area contributed by atoms with Crippen molar-refractivity contribution in [1.82, 2.24) is 0 Å². The molecular weight excluding hydrogens is 180 g/mol. The molecule has 0 aliphatic carbocycles. The van der Waals surface area contributed by atoms with Gasteiger partial charge in [0.15, 0.2) is 6.10 Å². The lowest BCUT2D eigenvalue weighted by Crippen LogP contribution is -2.18. The van der Waals surface area contributed by atoms with Crippen LogP contribution in [0.1, 0.15) is 23.7 Å². The van der Waals surface area contributed by atoms with E-state index in [9.17, 15) is 4.79 Å². The number of ether oxygens (including phenoxy) is 2. The SMILES string of the molecule is CCC1Oc2cc(OC)ccc2C1=O. The van der Waals surface area contributed by atoms with Crippen LogP contribution < -0.4 is 9.47 Å². The van der Waals surface area contributed by atoms with Crippen molar-refractivity contribution in [3.8, 4) is 11.5 Å². The van der Waals surface area contributed by atoms with E-state index in [0.717, 1.165) is 0 Å². The molecule has 0 radical (unpaired) electrons. The highest BCUT2D eigenvalue weighted by Crippen LogP contribution is 2.33. The van der Waals surface area contributed by atoms with E-state index in [1.807, 2.05) is 6.92 Å². The molecule has 0 amide bonds. The fourth-order valence-electron chi connectivity index (χ4n) is 1.58. The number of Topliss-reactive ketones (excluding diaryl/α,β-unsaturated/α-hetero) is 1. The summed E-state index contributed by atoms with van der Waals surface area (Å²) in [5.41, 5.74) is 0.664. The molecule has 0 bridgehead atoms. The molecule has 1 atom stereocenters. The van der Waals surface area contributed by atoms with Crippen molar-refractivity contribution in [2.75, 3.05) is 7.11 Å². The van der Waals surface area contributed by atoms with Crippen LogP contribution >= 0.6 is 0 Å². The summed E-state index contributed by atoms with van der Waals surface area (Å²) in [6, 6.07) is 5.28. The Morgan fingerprint density at radius 1 is 1.50 bits per heavy atom. The second kappa shape index (κ2) is 3.33. The van der Waals surface area contributed by atoms with Crippen LogP contribution in [-0.2, 0) is 0 Å². The maximum absolute atomic E-state index is 11.7. The van der Waals surface area contributed by atoms with Gasteiger partial charge in [-0.3, -0.25) is 4.79 Å². The van der Waals surface area contributed by atoms with Crippen LogP contribution in [0, 0.1) is 0 Å². The van der Waals surface area contributed by atoms with Crippen molar-refractivity contribution in [2.45, 2.75) is 19.4 Å². The summed E-state index contributed by atoms with van der Waals surface area (Å²) < 4.78 is 10.5. The van der Waals surface area contributed by atoms with Gasteiger partial charge in [-0.25, -0.2) is 0 Å². The Bertz CT molecular complexity index is 371. The first-order valence-electron chi connectivity index (χ1n) is 4.65. The van der Waals surface area contributed by atoms with Crippen LogP contribution in [0.4, 0.5) is 0 Å². The zero-order chi connectivity index (χ0) is 10.1. The molecule has 0 spiro atoms. The highest BCUT2D eigenvalue weighted by atomic mass is 16.5. The summed E-state index contributed by atoms with van der Waals surface area (Å²) in [7, 11) is 1.59. The third-order valence-corrected chi connectivity index (χ3v) is 2.39. The van der Waals surface area contributed by atoms with Crippen LogP contribution in [0.15, 0.2) is 18.2 Å². The normalized spacial score (nSPS) is 19.0. The molecule has 1 heterocycles. The molecule has 1 aromatic carbocycles. The average molecular weight is 192 g/mol. The number of carbonyl (C=O) groups excluding carboxylic acids is 1. The highest BCUT2D eigenvalue weighted by molar-refractivity contribution is 6.04. The number of fused-ring (bicyclic) bond motifs is 1. The molecule has 1 aliphatic heterocycles. The molecule has 2 rings (SSSR count). The molecule has 74 valence electrons. The Morgan fingerprint density at radius 3 is 2.93 bits per heavy atom. The molecule has 3 nitrogen and oxygen atoms in total. The average Bonchev–Trinajstić information content (AvgIpc) is 2.55. The van der Waals surface area contributed by atoms with E-state index in [1.165, 1.54) is 0 Å². The highest BCUT2D eigenvalue weighted by Gasteiger charge is 2.30. The summed E-state index contributed by atoms with van der Waals surface area (Å²) in [6.45, 7) is 1.94. The Balaban J connectivity index is 2.38. The molecule has 3 heteroatoms. The van der Waals surface area contributed by atoms with Gasteiger partial charge in [0.25, 0.3) is 0 Å². The first kappa shape index (κ1) is 9.06. The lowest BCUT2D eigenvalue weighted by molar-refractivity contribution is 0.0853. The lowest BCUT2D eigenvalue weighted by atomic mass is 10.1. The minimum absolute atomic E-state index is 0.0742. The number of rotatable bonds is 2. The van der Waals surface area contributed by atoms with Crippen molar-refractivity contribution in [2.24, 2.45) is 0 Å². The third-order valence-electron chi connectivity index (χ3n) is 2.39. The fraction of sp³-hybridized carbons (Fsp3) is 0.364. The van der Waals surface area contributed by atoms with Gasteiger partial charge in [-0.1, -0.05) is 6.92 Å². The van der Waals surface area contributed by atoms with Crippen molar-refractivity contribution in [1.29, 1.82) is 0 Å². The third kappa shape index (κ3) is 1.25. The van der Waals surface area contributed by atoms with E-state index in [2.05, 4.69) is 0 Å². The van der Waals surface area contributed by atoms with Crippen molar-refractivity contribution >= 4 is 5.78 Å². The van der Waals surface area contributed by atoms with Gasteiger partial charge in [-0.2, -0.15) is 0 Å². The number of hydrogen-bond donors (Lipinski definition) is 0. The quantitative estimate of drug-likeness (QED) is 0.719. The minimum atomic E-state index is -0.308. The molecule has 1 aliphatic rings. The number of ketones is 1. The van der Waals surface area contributed by atoms with Crippen LogP contribution in [0.5, 0.6) is 11.5 Å². The summed E-state index contributed by atoms with van der Waals surface area (Å²) in [4.78, 5) is 11.7. The molecule has 0 saturated carbocycles. The Morgan fingerprint density at radius 2 is 2.29 bits per heavy atom. The largest absolute Gasteiger partial charge is 0.497 e. The standard InChI is InChI=1S/C11H12O3/c1-3-9-11(12)8-5-4-7(13-2)6-10(8)14-9/h4-6,9H,3H2,1-2H3. The van der Waals surface area contributed by atoms with E-state index in [4.69, 9.17) is 9.47 Å². The van der Waals surface area contributed by atoms with Crippen LogP contribution in [0.25, 0.3) is 0 Å². The second-order valence-electron chi connectivity index (χ2n) is 3.24. The first-order chi connectivity index (χ1) is 6.76. The predicted molar refractivity (Wildman–Crippen MR) is 52.0 cm³/mol. The Hall–Kier alpha value is -1.51. The summed E-state index contributed by atoms with van der Waals surface area (Å²) in [5, 5.41) is 0. The first-order valence-corrected chi connectivity index (χ1v) is 4.65. The maximum atomic E-state index is 11.7. The van der Waals surface area contributed by atoms with Gasteiger partial charge >= 0.3 is 0 Å². The zero-order valence-corrected chi connectivity index (χ0v) is 8.24. The number of benzene rings is 1. The summed E-state index contributed by atoms with van der Waals surface area (Å²) in [6.07, 6.45) is 0.396. The molecule has 0 aromatic heterocycles. The van der Waals surface area contributed by atoms with Crippen LogP contribution in [0.3, 0.4) is 0 Å². The fourth-order valence-corrected chi connectivity index (χ4v) is 1.58. The minimum Gasteiger partial charge on any atom is -0.497 e. The monoisotopic (exact) mass is 192 g/mol. The number of methoxy groups -OCH3 is 1. The van der Waals surface area contributed by atoms with Crippen molar-refractivity contribution in [3.63, 3.8) is 0 Å². The van der Waals surface area contributed by atoms with Crippen molar-refractivity contribution < 1.29 is 14.3 Å². The van der Waals surface area contributed by atoms with E-state index in [-0.39, 0.29) is 11.9 Å². The molecule has 0 fully saturated rings. The Kier molecular flexibility index (Phi) is 2.15. The van der Waals surface area contributed by atoms with Crippen molar-refractivity contribution in [3.05, 3.63) is 23.8 Å². The topological polar surface area (TPSA) is 35.5 Å². The van der Waals surface area contributed by atoms with Gasteiger partial charge < -0.3 is 9.47 Å². The maximum Gasteiger partial charge on any atom is 0.206 e. The van der Waals surface area contributed by atoms with Gasteiger partial charge in [-0.05, 0) is 18.6 Å². The van der Waals surface area contributed by atoms with Gasteiger partial charge in [0.05, 0.1) is 12.7 Å². The smallest absolute Gasteiger partial charge is 0.206 e. The molecule has 1 unspecified atom stereocenters. The van der Waals surface area contributed by atoms with Crippen LogP contribution in [0.2, 0.25) is 0 Å². The van der Waals surface area contributed by atoms with E-state index in [1.54, 1.807) is 25.3 Å². The van der Waals surface area contributed by atoms with Crippen LogP contribution in [-0.4, -0.2) is 19.0 Å².